The first-order valence-electron chi connectivity index (χ1n) is 6.23. The van der Waals surface area contributed by atoms with E-state index in [0.29, 0.717) is 12.2 Å². The second kappa shape index (κ2) is 6.95. The maximum Gasteiger partial charge on any atom is 0.163 e. The van der Waals surface area contributed by atoms with Crippen LogP contribution in [0.4, 0.5) is 0 Å². The second-order valence-corrected chi connectivity index (χ2v) is 5.49. The van der Waals surface area contributed by atoms with Gasteiger partial charge in [0.05, 0.1) is 0 Å². The lowest BCUT2D eigenvalue weighted by atomic mass is 9.94. The van der Waals surface area contributed by atoms with Crippen LogP contribution in [0.1, 0.15) is 52.7 Å². The maximum atomic E-state index is 12.1. The van der Waals surface area contributed by atoms with Gasteiger partial charge in [-0.2, -0.15) is 0 Å². The number of hydrogen-bond acceptors (Lipinski definition) is 1. The highest BCUT2D eigenvalue weighted by Crippen LogP contribution is 2.19. The predicted octanol–water partition coefficient (Wildman–Crippen LogP) is 4.75. The molecule has 94 valence electrons. The van der Waals surface area contributed by atoms with Gasteiger partial charge in [0.1, 0.15) is 0 Å². The van der Waals surface area contributed by atoms with Crippen LogP contribution in [0.2, 0.25) is 0 Å². The molecule has 0 heterocycles. The number of carbonyl (C=O) groups is 1. The van der Waals surface area contributed by atoms with E-state index >= 15 is 0 Å². The Hall–Kier alpha value is -0.630. The van der Waals surface area contributed by atoms with Crippen LogP contribution in [0.15, 0.2) is 12.1 Å². The van der Waals surface area contributed by atoms with Gasteiger partial charge < -0.3 is 0 Å². The van der Waals surface area contributed by atoms with Crippen LogP contribution in [0.3, 0.4) is 0 Å². The number of carbonyl (C=O) groups excluding carboxylic acids is 1. The van der Waals surface area contributed by atoms with Crippen molar-refractivity contribution in [3.05, 3.63) is 34.4 Å². The molecule has 0 amide bonds. The molecule has 0 aliphatic carbocycles. The van der Waals surface area contributed by atoms with Crippen LogP contribution >= 0.6 is 15.9 Å². The van der Waals surface area contributed by atoms with Gasteiger partial charge in [0.15, 0.2) is 5.78 Å². The molecule has 0 bridgehead atoms. The quantitative estimate of drug-likeness (QED) is 0.421. The second-order valence-electron chi connectivity index (χ2n) is 4.70. The van der Waals surface area contributed by atoms with Crippen molar-refractivity contribution in [1.82, 2.24) is 0 Å². The van der Waals surface area contributed by atoms with E-state index in [1.54, 1.807) is 0 Å². The Kier molecular flexibility index (Phi) is 5.90. The van der Waals surface area contributed by atoms with E-state index in [-0.39, 0.29) is 0 Å². The zero-order valence-corrected chi connectivity index (χ0v) is 12.6. The Morgan fingerprint density at radius 3 is 2.18 bits per heavy atom. The summed E-state index contributed by atoms with van der Waals surface area (Å²) in [6.07, 6.45) is 3.95. The summed E-state index contributed by atoms with van der Waals surface area (Å²) in [5.74, 6) is 0.301. The fourth-order valence-electron chi connectivity index (χ4n) is 2.30. The lowest BCUT2D eigenvalue weighted by molar-refractivity contribution is 0.0978. The third-order valence-corrected chi connectivity index (χ3v) is 3.55. The third kappa shape index (κ3) is 4.27. The first kappa shape index (κ1) is 14.4. The molecular weight excluding hydrogens is 276 g/mol. The monoisotopic (exact) mass is 296 g/mol. The topological polar surface area (TPSA) is 17.1 Å². The molecule has 0 aliphatic rings. The molecule has 2 heteroatoms. The molecule has 1 rings (SSSR count). The van der Waals surface area contributed by atoms with E-state index in [4.69, 9.17) is 0 Å². The molecule has 0 atom stereocenters. The van der Waals surface area contributed by atoms with Crippen molar-refractivity contribution in [2.75, 3.05) is 5.33 Å². The summed E-state index contributed by atoms with van der Waals surface area (Å²) in [5.41, 5.74) is 4.41. The molecule has 0 N–H and O–H groups in total. The van der Waals surface area contributed by atoms with Gasteiger partial charge in [0, 0.05) is 17.3 Å². The number of Topliss-reactive ketones (excluding diaryl/α,β-unsaturated/α-hetero) is 1. The number of benzene rings is 1. The zero-order chi connectivity index (χ0) is 12.8. The first-order chi connectivity index (χ1) is 8.06. The third-order valence-electron chi connectivity index (χ3n) is 2.99. The predicted molar refractivity (Wildman–Crippen MR) is 77.2 cm³/mol. The van der Waals surface area contributed by atoms with E-state index in [2.05, 4.69) is 35.0 Å². The first-order valence-corrected chi connectivity index (χ1v) is 7.35. The van der Waals surface area contributed by atoms with Gasteiger partial charge in [0.2, 0.25) is 0 Å². The summed E-state index contributed by atoms with van der Waals surface area (Å²) in [5, 5.41) is 1.03. The van der Waals surface area contributed by atoms with Gasteiger partial charge in [-0.25, -0.2) is 0 Å². The zero-order valence-electron chi connectivity index (χ0n) is 11.0. The van der Waals surface area contributed by atoms with Gasteiger partial charge in [-0.15, -0.1) is 0 Å². The number of aryl methyl sites for hydroxylation is 3. The number of rotatable bonds is 6. The molecule has 0 spiro atoms. The molecule has 0 unspecified atom stereocenters. The van der Waals surface area contributed by atoms with Gasteiger partial charge in [-0.05, 0) is 44.7 Å². The highest BCUT2D eigenvalue weighted by atomic mass is 79.9. The Labute approximate surface area is 113 Å². The normalized spacial score (nSPS) is 10.6. The molecule has 0 radical (unpaired) electrons. The average Bonchev–Trinajstić information content (AvgIpc) is 2.23. The van der Waals surface area contributed by atoms with E-state index in [0.717, 1.165) is 41.3 Å². The van der Waals surface area contributed by atoms with Gasteiger partial charge in [-0.1, -0.05) is 40.0 Å². The molecule has 0 fully saturated rings. The Morgan fingerprint density at radius 2 is 1.65 bits per heavy atom. The molecule has 1 aromatic carbocycles. The minimum absolute atomic E-state index is 0.301. The van der Waals surface area contributed by atoms with E-state index in [1.807, 2.05) is 13.8 Å². The number of halogens is 1. The number of alkyl halides is 1. The molecular formula is C15H21BrO. The van der Waals surface area contributed by atoms with Crippen molar-refractivity contribution in [2.24, 2.45) is 0 Å². The fourth-order valence-corrected chi connectivity index (χ4v) is 2.70. The van der Waals surface area contributed by atoms with Crippen LogP contribution in [0.25, 0.3) is 0 Å². The SMILES string of the molecule is Cc1cc(C)c(C(=O)CCCCCBr)c(C)c1. The molecule has 0 saturated heterocycles. The number of hydrogen-bond donors (Lipinski definition) is 0. The van der Waals surface area contributed by atoms with Crippen molar-refractivity contribution in [3.8, 4) is 0 Å². The van der Waals surface area contributed by atoms with E-state index < -0.39 is 0 Å². The van der Waals surface area contributed by atoms with Gasteiger partial charge in [-0.3, -0.25) is 4.79 Å². The van der Waals surface area contributed by atoms with E-state index in [1.165, 1.54) is 5.56 Å². The highest BCUT2D eigenvalue weighted by molar-refractivity contribution is 9.09. The van der Waals surface area contributed by atoms with Crippen LogP contribution in [0.5, 0.6) is 0 Å². The van der Waals surface area contributed by atoms with Crippen molar-refractivity contribution in [3.63, 3.8) is 0 Å². The summed E-state index contributed by atoms with van der Waals surface area (Å²) in [6, 6.07) is 4.19. The fraction of sp³-hybridized carbons (Fsp3) is 0.533. The van der Waals surface area contributed by atoms with Gasteiger partial charge in [0.25, 0.3) is 0 Å². The number of unbranched alkanes of at least 4 members (excludes halogenated alkanes) is 2. The molecule has 0 aliphatic heterocycles. The van der Waals surface area contributed by atoms with Crippen LogP contribution in [-0.2, 0) is 0 Å². The van der Waals surface area contributed by atoms with Gasteiger partial charge >= 0.3 is 0 Å². The Bertz CT molecular complexity index is 373. The highest BCUT2D eigenvalue weighted by Gasteiger charge is 2.12. The van der Waals surface area contributed by atoms with Crippen molar-refractivity contribution in [2.45, 2.75) is 46.5 Å². The molecule has 1 nitrogen and oxygen atoms in total. The summed E-state index contributed by atoms with van der Waals surface area (Å²) in [4.78, 5) is 12.1. The van der Waals surface area contributed by atoms with Crippen LogP contribution < -0.4 is 0 Å². The lowest BCUT2D eigenvalue weighted by Crippen LogP contribution is -2.05. The summed E-state index contributed by atoms with van der Waals surface area (Å²) in [7, 11) is 0. The minimum Gasteiger partial charge on any atom is -0.294 e. The van der Waals surface area contributed by atoms with Crippen molar-refractivity contribution >= 4 is 21.7 Å². The smallest absolute Gasteiger partial charge is 0.163 e. The lowest BCUT2D eigenvalue weighted by Gasteiger charge is -2.10. The molecule has 0 saturated carbocycles. The van der Waals surface area contributed by atoms with Crippen molar-refractivity contribution in [1.29, 1.82) is 0 Å². The summed E-state index contributed by atoms with van der Waals surface area (Å²) >= 11 is 3.41. The van der Waals surface area contributed by atoms with Crippen LogP contribution in [0, 0.1) is 20.8 Å². The van der Waals surface area contributed by atoms with Crippen LogP contribution in [-0.4, -0.2) is 11.1 Å². The maximum absolute atomic E-state index is 12.1. The van der Waals surface area contributed by atoms with E-state index in [9.17, 15) is 4.79 Å². The summed E-state index contributed by atoms with van der Waals surface area (Å²) in [6.45, 7) is 6.14. The number of ketones is 1. The molecule has 17 heavy (non-hydrogen) atoms. The largest absolute Gasteiger partial charge is 0.294 e. The standard InChI is InChI=1S/C15H21BrO/c1-11-9-12(2)15(13(3)10-11)14(17)7-5-4-6-8-16/h9-10H,4-8H2,1-3H3. The molecule has 0 aromatic heterocycles. The minimum atomic E-state index is 0.301. The molecule has 1 aromatic rings. The Morgan fingerprint density at radius 1 is 1.06 bits per heavy atom. The average molecular weight is 297 g/mol. The summed E-state index contributed by atoms with van der Waals surface area (Å²) < 4.78 is 0. The van der Waals surface area contributed by atoms with Crippen molar-refractivity contribution < 1.29 is 4.79 Å². The Balaban J connectivity index is 2.69.